The van der Waals surface area contributed by atoms with Crippen molar-refractivity contribution in [2.45, 2.75) is 6.92 Å². The van der Waals surface area contributed by atoms with Crippen LogP contribution in [-0.2, 0) is 0 Å². The highest BCUT2D eigenvalue weighted by Gasteiger charge is 2.16. The zero-order chi connectivity index (χ0) is 18.0. The standard InChI is InChI=1S/C15H11ClN6O3/c1-9-17-4-5-21(9)14-7-13(18-8-19-14)20-15(23)11-3-2-10(22(24)25)6-12(11)16/h2-8H,1H3,(H,18,19,20,23). The van der Waals surface area contributed by atoms with Crippen molar-refractivity contribution in [2.75, 3.05) is 5.32 Å². The summed E-state index contributed by atoms with van der Waals surface area (Å²) < 4.78 is 1.73. The molecule has 9 nitrogen and oxygen atoms in total. The predicted molar refractivity (Wildman–Crippen MR) is 90.0 cm³/mol. The zero-order valence-corrected chi connectivity index (χ0v) is 13.6. The molecule has 3 aromatic rings. The van der Waals surface area contributed by atoms with Crippen molar-refractivity contribution in [3.8, 4) is 5.82 Å². The number of rotatable bonds is 4. The number of hydrogen-bond donors (Lipinski definition) is 1. The van der Waals surface area contributed by atoms with E-state index in [0.29, 0.717) is 5.82 Å². The van der Waals surface area contributed by atoms with E-state index < -0.39 is 10.8 Å². The number of hydrogen-bond acceptors (Lipinski definition) is 6. The van der Waals surface area contributed by atoms with Gasteiger partial charge >= 0.3 is 0 Å². The molecule has 2 aromatic heterocycles. The van der Waals surface area contributed by atoms with E-state index in [1.807, 2.05) is 6.92 Å². The van der Waals surface area contributed by atoms with Gasteiger partial charge in [-0.2, -0.15) is 0 Å². The maximum Gasteiger partial charge on any atom is 0.270 e. The lowest BCUT2D eigenvalue weighted by atomic mass is 10.2. The topological polar surface area (TPSA) is 116 Å². The Balaban J connectivity index is 1.84. The number of anilines is 1. The minimum absolute atomic E-state index is 0.0218. The fraction of sp³-hybridized carbons (Fsp3) is 0.0667. The molecule has 0 fully saturated rings. The number of amides is 1. The molecule has 2 heterocycles. The molecule has 0 saturated heterocycles. The summed E-state index contributed by atoms with van der Waals surface area (Å²) in [4.78, 5) is 34.7. The van der Waals surface area contributed by atoms with Crippen molar-refractivity contribution in [1.29, 1.82) is 0 Å². The number of non-ortho nitro benzene ring substituents is 1. The number of aryl methyl sites for hydroxylation is 1. The van der Waals surface area contributed by atoms with Gasteiger partial charge in [0, 0.05) is 30.6 Å². The Morgan fingerprint density at radius 1 is 1.28 bits per heavy atom. The fourth-order valence-corrected chi connectivity index (χ4v) is 2.41. The van der Waals surface area contributed by atoms with Crippen molar-refractivity contribution < 1.29 is 9.72 Å². The number of nitro groups is 1. The first-order valence-electron chi connectivity index (χ1n) is 7.03. The Kier molecular flexibility index (Phi) is 4.40. The van der Waals surface area contributed by atoms with Gasteiger partial charge in [0.15, 0.2) is 0 Å². The van der Waals surface area contributed by atoms with Gasteiger partial charge in [0.2, 0.25) is 0 Å². The van der Waals surface area contributed by atoms with Crippen LogP contribution in [0.1, 0.15) is 16.2 Å². The highest BCUT2D eigenvalue weighted by atomic mass is 35.5. The summed E-state index contributed by atoms with van der Waals surface area (Å²) in [7, 11) is 0. The maximum absolute atomic E-state index is 12.3. The summed E-state index contributed by atoms with van der Waals surface area (Å²) in [5.41, 5.74) is -0.0901. The number of carbonyl (C=O) groups is 1. The van der Waals surface area contributed by atoms with Crippen LogP contribution < -0.4 is 5.32 Å². The SMILES string of the molecule is Cc1nccn1-c1cc(NC(=O)c2ccc([N+](=O)[O-])cc2Cl)ncn1. The number of imidazole rings is 1. The average Bonchev–Trinajstić information content (AvgIpc) is 3.00. The fourth-order valence-electron chi connectivity index (χ4n) is 2.15. The maximum atomic E-state index is 12.3. The molecule has 0 atom stereocenters. The molecule has 1 N–H and O–H groups in total. The van der Waals surface area contributed by atoms with Crippen LogP contribution in [-0.4, -0.2) is 30.3 Å². The summed E-state index contributed by atoms with van der Waals surface area (Å²) in [5, 5.41) is 13.3. The van der Waals surface area contributed by atoms with Gasteiger partial charge in [-0.3, -0.25) is 19.5 Å². The van der Waals surface area contributed by atoms with E-state index >= 15 is 0 Å². The molecule has 0 aliphatic carbocycles. The summed E-state index contributed by atoms with van der Waals surface area (Å²) in [6.45, 7) is 1.82. The van der Waals surface area contributed by atoms with Crippen LogP contribution in [0.3, 0.4) is 0 Å². The van der Waals surface area contributed by atoms with Crippen LogP contribution in [0.2, 0.25) is 5.02 Å². The van der Waals surface area contributed by atoms with Gasteiger partial charge in [-0.1, -0.05) is 11.6 Å². The summed E-state index contributed by atoms with van der Waals surface area (Å²) >= 11 is 5.96. The summed E-state index contributed by atoms with van der Waals surface area (Å²) in [6.07, 6.45) is 4.67. The van der Waals surface area contributed by atoms with Crippen LogP contribution in [0, 0.1) is 17.0 Å². The molecule has 126 valence electrons. The van der Waals surface area contributed by atoms with Crippen molar-refractivity contribution in [1.82, 2.24) is 19.5 Å². The van der Waals surface area contributed by atoms with E-state index in [9.17, 15) is 14.9 Å². The lowest BCUT2D eigenvalue weighted by Gasteiger charge is -2.08. The van der Waals surface area contributed by atoms with Crippen molar-refractivity contribution in [2.24, 2.45) is 0 Å². The molecule has 3 rings (SSSR count). The minimum Gasteiger partial charge on any atom is -0.306 e. The Hall–Kier alpha value is -3.33. The lowest BCUT2D eigenvalue weighted by Crippen LogP contribution is -2.14. The Morgan fingerprint density at radius 2 is 2.08 bits per heavy atom. The van der Waals surface area contributed by atoms with E-state index in [2.05, 4.69) is 20.3 Å². The predicted octanol–water partition coefficient (Wildman–Crippen LogP) is 2.78. The second-order valence-corrected chi connectivity index (χ2v) is 5.39. The van der Waals surface area contributed by atoms with Crippen LogP contribution in [0.15, 0.2) is 43.0 Å². The van der Waals surface area contributed by atoms with Gasteiger partial charge < -0.3 is 5.32 Å². The molecule has 10 heteroatoms. The first-order valence-corrected chi connectivity index (χ1v) is 7.41. The minimum atomic E-state index is -0.586. The molecular formula is C15H11ClN6O3. The molecule has 0 radical (unpaired) electrons. The number of aromatic nitrogens is 4. The van der Waals surface area contributed by atoms with E-state index in [1.165, 1.54) is 18.5 Å². The third kappa shape index (κ3) is 3.45. The number of benzene rings is 1. The molecule has 25 heavy (non-hydrogen) atoms. The molecule has 0 spiro atoms. The first-order chi connectivity index (χ1) is 12.0. The Morgan fingerprint density at radius 3 is 2.72 bits per heavy atom. The molecule has 1 aromatic carbocycles. The van der Waals surface area contributed by atoms with E-state index in [-0.39, 0.29) is 22.1 Å². The second-order valence-electron chi connectivity index (χ2n) is 4.98. The van der Waals surface area contributed by atoms with Crippen molar-refractivity contribution >= 4 is 29.0 Å². The van der Waals surface area contributed by atoms with Crippen molar-refractivity contribution in [3.05, 3.63) is 69.5 Å². The first kappa shape index (κ1) is 16.5. The van der Waals surface area contributed by atoms with E-state index in [4.69, 9.17) is 11.6 Å². The van der Waals surface area contributed by atoms with Crippen molar-refractivity contribution in [3.63, 3.8) is 0 Å². The smallest absolute Gasteiger partial charge is 0.270 e. The molecule has 0 aliphatic heterocycles. The van der Waals surface area contributed by atoms with Gasteiger partial charge in [-0.05, 0) is 13.0 Å². The molecule has 0 unspecified atom stereocenters. The lowest BCUT2D eigenvalue weighted by molar-refractivity contribution is -0.384. The average molecular weight is 359 g/mol. The highest BCUT2D eigenvalue weighted by molar-refractivity contribution is 6.34. The van der Waals surface area contributed by atoms with Crippen LogP contribution >= 0.6 is 11.6 Å². The van der Waals surface area contributed by atoms with Crippen LogP contribution in [0.5, 0.6) is 0 Å². The molecule has 0 aliphatic rings. The van der Waals surface area contributed by atoms with Gasteiger partial charge in [0.1, 0.15) is 23.8 Å². The second kappa shape index (κ2) is 6.65. The number of nitro benzene ring substituents is 1. The quantitative estimate of drug-likeness (QED) is 0.566. The summed E-state index contributed by atoms with van der Waals surface area (Å²) in [5.74, 6) is 0.994. The Labute approximate surface area is 146 Å². The molecule has 1 amide bonds. The molecule has 0 saturated carbocycles. The number of halogens is 1. The van der Waals surface area contributed by atoms with Gasteiger partial charge in [-0.15, -0.1) is 0 Å². The molecule has 0 bridgehead atoms. The number of carbonyl (C=O) groups excluding carboxylic acids is 1. The number of nitrogens with one attached hydrogen (secondary N) is 1. The van der Waals surface area contributed by atoms with Gasteiger partial charge in [0.25, 0.3) is 11.6 Å². The summed E-state index contributed by atoms with van der Waals surface area (Å²) in [6, 6.07) is 5.20. The molecular weight excluding hydrogens is 348 g/mol. The third-order valence-corrected chi connectivity index (χ3v) is 3.69. The number of nitrogens with zero attached hydrogens (tertiary/aromatic N) is 5. The zero-order valence-electron chi connectivity index (χ0n) is 12.9. The monoisotopic (exact) mass is 358 g/mol. The highest BCUT2D eigenvalue weighted by Crippen LogP contribution is 2.23. The Bertz CT molecular complexity index is 971. The van der Waals surface area contributed by atoms with Gasteiger partial charge in [-0.25, -0.2) is 15.0 Å². The van der Waals surface area contributed by atoms with E-state index in [1.54, 1.807) is 23.0 Å². The van der Waals surface area contributed by atoms with Crippen LogP contribution in [0.25, 0.3) is 5.82 Å². The van der Waals surface area contributed by atoms with E-state index in [0.717, 1.165) is 11.9 Å². The third-order valence-electron chi connectivity index (χ3n) is 3.37. The normalized spacial score (nSPS) is 10.5. The van der Waals surface area contributed by atoms with Crippen LogP contribution in [0.4, 0.5) is 11.5 Å². The van der Waals surface area contributed by atoms with Gasteiger partial charge in [0.05, 0.1) is 15.5 Å². The largest absolute Gasteiger partial charge is 0.306 e.